The summed E-state index contributed by atoms with van der Waals surface area (Å²) in [4.78, 5) is 29.5. The second-order valence-corrected chi connectivity index (χ2v) is 8.50. The number of quaternary nitrogens is 1. The van der Waals surface area contributed by atoms with Crippen LogP contribution in [-0.2, 0) is 10.4 Å². The Hall–Kier alpha value is -2.50. The maximum atomic E-state index is 13.4. The first-order chi connectivity index (χ1) is 13.9. The number of hydrogen-bond donors (Lipinski definition) is 2. The number of ketones is 1. The summed E-state index contributed by atoms with van der Waals surface area (Å²) in [5.41, 5.74) is 1.98. The van der Waals surface area contributed by atoms with Crippen LogP contribution in [0.5, 0.6) is 0 Å². The largest absolute Gasteiger partial charge is 0.375 e. The van der Waals surface area contributed by atoms with Gasteiger partial charge in [-0.05, 0) is 44.7 Å². The normalized spacial score (nSPS) is 22.0. The number of rotatable bonds is 5. The minimum Gasteiger partial charge on any atom is -0.375 e. The zero-order valence-electron chi connectivity index (χ0n) is 17.2. The molecule has 0 aliphatic carbocycles. The highest BCUT2D eigenvalue weighted by Gasteiger charge is 2.51. The number of amides is 1. The summed E-state index contributed by atoms with van der Waals surface area (Å²) in [5, 5.41) is 11.5. The number of carbonyl (C=O) groups excluding carboxylic acids is 2. The van der Waals surface area contributed by atoms with E-state index in [-0.39, 0.29) is 18.1 Å². The standard InChI is InChI=1S/C24H28N2O3/c1-17-10-11-19(18(2)14-17)22(27)15-24(29)20-8-4-5-9-21(20)26(23(24)28)16-25-12-6-3-7-13-25/h4-5,8-11,14,29H,3,6-7,12-13,15-16H2,1-2H3/p+1/t24-/m1/s1. The van der Waals surface area contributed by atoms with Crippen LogP contribution in [0.25, 0.3) is 0 Å². The molecular weight excluding hydrogens is 364 g/mol. The van der Waals surface area contributed by atoms with Crippen molar-refractivity contribution in [1.82, 2.24) is 0 Å². The van der Waals surface area contributed by atoms with Crippen molar-refractivity contribution in [3.8, 4) is 0 Å². The molecule has 2 N–H and O–H groups in total. The molecule has 0 unspecified atom stereocenters. The smallest absolute Gasteiger partial charge is 0.268 e. The number of aryl methyl sites for hydroxylation is 2. The van der Waals surface area contributed by atoms with Gasteiger partial charge >= 0.3 is 0 Å². The van der Waals surface area contributed by atoms with Crippen LogP contribution >= 0.6 is 0 Å². The summed E-state index contributed by atoms with van der Waals surface area (Å²) < 4.78 is 0. The van der Waals surface area contributed by atoms with Crippen molar-refractivity contribution in [2.75, 3.05) is 24.7 Å². The van der Waals surface area contributed by atoms with Crippen molar-refractivity contribution in [1.29, 1.82) is 0 Å². The molecule has 5 heteroatoms. The van der Waals surface area contributed by atoms with Crippen molar-refractivity contribution in [3.63, 3.8) is 0 Å². The molecule has 152 valence electrons. The van der Waals surface area contributed by atoms with Crippen LogP contribution in [0.3, 0.4) is 0 Å². The molecule has 2 aliphatic rings. The van der Waals surface area contributed by atoms with Crippen LogP contribution in [0.4, 0.5) is 5.69 Å². The van der Waals surface area contributed by atoms with Crippen molar-refractivity contribution in [2.45, 2.75) is 45.1 Å². The van der Waals surface area contributed by atoms with E-state index in [0.717, 1.165) is 42.7 Å². The van der Waals surface area contributed by atoms with E-state index in [4.69, 9.17) is 0 Å². The first-order valence-corrected chi connectivity index (χ1v) is 10.5. The van der Waals surface area contributed by atoms with E-state index in [0.29, 0.717) is 17.8 Å². The van der Waals surface area contributed by atoms with Crippen molar-refractivity contribution in [3.05, 3.63) is 64.7 Å². The van der Waals surface area contributed by atoms with Crippen LogP contribution in [0.2, 0.25) is 0 Å². The SMILES string of the molecule is Cc1ccc(C(=O)C[C@]2(O)C(=O)N(C[NH+]3CCCCC3)c3ccccc32)c(C)c1. The lowest BCUT2D eigenvalue weighted by Gasteiger charge is -2.29. The van der Waals surface area contributed by atoms with Crippen LogP contribution in [-0.4, -0.2) is 36.6 Å². The molecule has 2 aliphatic heterocycles. The minimum absolute atomic E-state index is 0.208. The Balaban J connectivity index is 1.63. The number of fused-ring (bicyclic) bond motifs is 1. The van der Waals surface area contributed by atoms with Gasteiger partial charge in [0.05, 0.1) is 25.2 Å². The predicted molar refractivity (Wildman–Crippen MR) is 112 cm³/mol. The van der Waals surface area contributed by atoms with E-state index in [1.54, 1.807) is 17.0 Å². The van der Waals surface area contributed by atoms with Crippen molar-refractivity contribution < 1.29 is 19.6 Å². The summed E-state index contributed by atoms with van der Waals surface area (Å²) in [6.07, 6.45) is 3.32. The molecule has 5 nitrogen and oxygen atoms in total. The first-order valence-electron chi connectivity index (χ1n) is 10.5. The van der Waals surface area contributed by atoms with Gasteiger partial charge in [-0.25, -0.2) is 0 Å². The van der Waals surface area contributed by atoms with E-state index in [2.05, 4.69) is 0 Å². The number of anilines is 1. The maximum absolute atomic E-state index is 13.4. The van der Waals surface area contributed by atoms with Crippen LogP contribution < -0.4 is 9.80 Å². The van der Waals surface area contributed by atoms with Gasteiger partial charge in [-0.1, -0.05) is 42.0 Å². The van der Waals surface area contributed by atoms with Crippen LogP contribution in [0.1, 0.15) is 52.7 Å². The van der Waals surface area contributed by atoms with Crippen molar-refractivity contribution in [2.24, 2.45) is 0 Å². The molecule has 1 atom stereocenters. The third kappa shape index (κ3) is 3.61. The molecule has 0 spiro atoms. The lowest BCUT2D eigenvalue weighted by molar-refractivity contribution is -0.903. The molecule has 1 fully saturated rings. The molecule has 1 saturated heterocycles. The third-order valence-corrected chi connectivity index (χ3v) is 6.28. The lowest BCUT2D eigenvalue weighted by Crippen LogP contribution is -3.14. The van der Waals surface area contributed by atoms with E-state index in [1.807, 2.05) is 44.2 Å². The molecule has 2 aromatic rings. The fraction of sp³-hybridized carbons (Fsp3) is 0.417. The van der Waals surface area contributed by atoms with Gasteiger partial charge in [0.15, 0.2) is 18.1 Å². The number of nitrogens with zero attached hydrogens (tertiary/aromatic N) is 1. The van der Waals surface area contributed by atoms with E-state index >= 15 is 0 Å². The van der Waals surface area contributed by atoms with Gasteiger partial charge in [-0.3, -0.25) is 14.5 Å². The van der Waals surface area contributed by atoms with Gasteiger partial charge in [0, 0.05) is 11.1 Å². The van der Waals surface area contributed by atoms with Gasteiger partial charge in [0.25, 0.3) is 5.91 Å². The van der Waals surface area contributed by atoms with Gasteiger partial charge in [-0.2, -0.15) is 0 Å². The number of Topliss-reactive ketones (excluding diaryl/α,β-unsaturated/α-hetero) is 1. The summed E-state index contributed by atoms with van der Waals surface area (Å²) in [6, 6.07) is 13.0. The maximum Gasteiger partial charge on any atom is 0.268 e. The molecule has 0 bridgehead atoms. The van der Waals surface area contributed by atoms with E-state index < -0.39 is 5.60 Å². The molecular formula is C24H29N2O3+. The first kappa shape index (κ1) is 19.8. The molecule has 0 radical (unpaired) electrons. The summed E-state index contributed by atoms with van der Waals surface area (Å²) in [6.45, 7) is 6.47. The Kier molecular flexibility index (Phi) is 5.28. The lowest BCUT2D eigenvalue weighted by atomic mass is 9.87. The number of hydrogen-bond acceptors (Lipinski definition) is 3. The summed E-state index contributed by atoms with van der Waals surface area (Å²) in [5.74, 6) is -0.588. The predicted octanol–water partition coefficient (Wildman–Crippen LogP) is 2.14. The number of carbonyl (C=O) groups is 2. The number of aliphatic hydroxyl groups is 1. The molecule has 1 amide bonds. The highest BCUT2D eigenvalue weighted by molar-refractivity contribution is 6.10. The Bertz CT molecular complexity index is 949. The Morgan fingerprint density at radius 2 is 1.83 bits per heavy atom. The van der Waals surface area contributed by atoms with Crippen LogP contribution in [0, 0.1) is 13.8 Å². The quantitative estimate of drug-likeness (QED) is 0.765. The number of likely N-dealkylation sites (tertiary alicyclic amines) is 1. The number of benzene rings is 2. The molecule has 2 heterocycles. The fourth-order valence-electron chi connectivity index (χ4n) is 4.72. The number of para-hydroxylation sites is 1. The third-order valence-electron chi connectivity index (χ3n) is 6.28. The highest BCUT2D eigenvalue weighted by Crippen LogP contribution is 2.42. The van der Waals surface area contributed by atoms with Gasteiger partial charge in [0.2, 0.25) is 0 Å². The average Bonchev–Trinajstić information content (AvgIpc) is 2.91. The van der Waals surface area contributed by atoms with Gasteiger partial charge in [0.1, 0.15) is 0 Å². The Morgan fingerprint density at radius 3 is 2.55 bits per heavy atom. The van der Waals surface area contributed by atoms with Gasteiger partial charge in [-0.15, -0.1) is 0 Å². The topological polar surface area (TPSA) is 62.0 Å². The Morgan fingerprint density at radius 1 is 1.10 bits per heavy atom. The molecule has 4 rings (SSSR count). The average molecular weight is 394 g/mol. The van der Waals surface area contributed by atoms with E-state index in [1.165, 1.54) is 11.3 Å². The Labute approximate surface area is 171 Å². The summed E-state index contributed by atoms with van der Waals surface area (Å²) in [7, 11) is 0. The highest BCUT2D eigenvalue weighted by atomic mass is 16.3. The minimum atomic E-state index is -1.81. The monoisotopic (exact) mass is 393 g/mol. The van der Waals surface area contributed by atoms with Gasteiger partial charge < -0.3 is 10.0 Å². The molecule has 0 saturated carbocycles. The fourth-order valence-corrected chi connectivity index (χ4v) is 4.72. The van der Waals surface area contributed by atoms with E-state index in [9.17, 15) is 14.7 Å². The number of nitrogens with one attached hydrogen (secondary N) is 1. The molecule has 2 aromatic carbocycles. The second kappa shape index (κ2) is 7.73. The second-order valence-electron chi connectivity index (χ2n) is 8.50. The van der Waals surface area contributed by atoms with Crippen molar-refractivity contribution >= 4 is 17.4 Å². The molecule has 0 aromatic heterocycles. The summed E-state index contributed by atoms with van der Waals surface area (Å²) >= 11 is 0. The van der Waals surface area contributed by atoms with Crippen LogP contribution in [0.15, 0.2) is 42.5 Å². The molecule has 29 heavy (non-hydrogen) atoms. The number of piperidine rings is 1. The zero-order chi connectivity index (χ0) is 20.6. The zero-order valence-corrected chi connectivity index (χ0v) is 17.2.